The van der Waals surface area contributed by atoms with Crippen LogP contribution in [-0.4, -0.2) is 96.7 Å². The maximum atomic E-state index is 13.2. The van der Waals surface area contributed by atoms with Gasteiger partial charge in [0.25, 0.3) is 0 Å². The number of rotatable bonds is 88. The van der Waals surface area contributed by atoms with Gasteiger partial charge < -0.3 is 33.8 Å². The molecule has 19 heteroatoms. The van der Waals surface area contributed by atoms with Crippen LogP contribution in [0.5, 0.6) is 0 Å². The van der Waals surface area contributed by atoms with Crippen molar-refractivity contribution in [3.63, 3.8) is 0 Å². The van der Waals surface area contributed by atoms with Crippen molar-refractivity contribution in [3.8, 4) is 0 Å². The van der Waals surface area contributed by atoms with Gasteiger partial charge in [0, 0.05) is 25.7 Å². The number of hydrogen-bond acceptors (Lipinski definition) is 15. The fourth-order valence-electron chi connectivity index (χ4n) is 14.0. The standard InChI is InChI=1S/C89H174O17P2/c1-7-9-11-13-15-17-19-21-22-23-24-25-26-27-28-31-37-43-49-55-61-67-73-88(93)105-85(78-100-87(92)72-66-60-54-48-42-36-32-29-30-34-39-45-51-57-63-69-81(3)4)80-104-108(97,98)102-76-83(90)75-101-107(95,96)103-79-84(77-99-86(91)71-65-59-53-47-41-20-18-16-14-12-10-8-2)106-89(94)74-68-62-56-50-44-38-33-35-40-46-52-58-64-70-82(5)6/h81-85,90H,7-80H2,1-6H3,(H,95,96)(H,97,98)/t83-,84+,85+/m0/s1. The number of aliphatic hydroxyl groups is 1. The largest absolute Gasteiger partial charge is 0.472 e. The number of unbranched alkanes of at least 4 members (excludes halogenated alkanes) is 58. The Bertz CT molecular complexity index is 2060. The molecule has 0 bridgehead atoms. The summed E-state index contributed by atoms with van der Waals surface area (Å²) < 4.78 is 69.0. The Morgan fingerprint density at radius 1 is 0.250 bits per heavy atom. The molecule has 0 radical (unpaired) electrons. The van der Waals surface area contributed by atoms with Gasteiger partial charge in [-0.1, -0.05) is 427 Å². The number of phosphoric ester groups is 2. The second kappa shape index (κ2) is 80.3. The van der Waals surface area contributed by atoms with Crippen LogP contribution in [0.2, 0.25) is 0 Å². The molecular formula is C89H174O17P2. The molecule has 0 saturated carbocycles. The molecule has 0 aromatic rings. The average molecular weight is 1580 g/mol. The number of hydrogen-bond donors (Lipinski definition) is 3. The summed E-state index contributed by atoms with van der Waals surface area (Å²) in [4.78, 5) is 73.4. The van der Waals surface area contributed by atoms with Crippen LogP contribution in [0.25, 0.3) is 0 Å². The smallest absolute Gasteiger partial charge is 0.462 e. The molecule has 0 aliphatic heterocycles. The van der Waals surface area contributed by atoms with E-state index >= 15 is 0 Å². The van der Waals surface area contributed by atoms with E-state index in [2.05, 4.69) is 41.5 Å². The van der Waals surface area contributed by atoms with E-state index < -0.39 is 97.5 Å². The SMILES string of the molecule is CCCCCCCCCCCCCCCCCCCCCCCCC(=O)O[C@H](COC(=O)CCCCCCCCCCCCCCCCCC(C)C)COP(=O)(O)OC[C@@H](O)COP(=O)(O)OC[C@@H](COC(=O)CCCCCCCCCCCCCC)OC(=O)CCCCCCCCCCCCCCCC(C)C. The molecule has 17 nitrogen and oxygen atoms in total. The Hall–Kier alpha value is -1.94. The Balaban J connectivity index is 5.24. The summed E-state index contributed by atoms with van der Waals surface area (Å²) >= 11 is 0. The Morgan fingerprint density at radius 2 is 0.426 bits per heavy atom. The van der Waals surface area contributed by atoms with Gasteiger partial charge in [-0.3, -0.25) is 37.3 Å². The van der Waals surface area contributed by atoms with Gasteiger partial charge in [-0.2, -0.15) is 0 Å². The fraction of sp³-hybridized carbons (Fsp3) is 0.955. The summed E-state index contributed by atoms with van der Waals surface area (Å²) in [6.07, 6.45) is 73.6. The number of phosphoric acid groups is 2. The van der Waals surface area contributed by atoms with Crippen molar-refractivity contribution in [1.29, 1.82) is 0 Å². The van der Waals surface area contributed by atoms with Crippen molar-refractivity contribution in [2.45, 2.75) is 496 Å². The van der Waals surface area contributed by atoms with E-state index in [1.807, 2.05) is 0 Å². The zero-order valence-corrected chi connectivity index (χ0v) is 73.0. The normalized spacial score (nSPS) is 13.8. The molecule has 0 aliphatic carbocycles. The van der Waals surface area contributed by atoms with Gasteiger partial charge in [0.05, 0.1) is 26.4 Å². The second-order valence-electron chi connectivity index (χ2n) is 32.9. The van der Waals surface area contributed by atoms with Crippen LogP contribution in [0.15, 0.2) is 0 Å². The van der Waals surface area contributed by atoms with Crippen LogP contribution in [0.1, 0.15) is 478 Å². The van der Waals surface area contributed by atoms with Crippen molar-refractivity contribution < 1.29 is 80.2 Å². The molecule has 0 rings (SSSR count). The van der Waals surface area contributed by atoms with Crippen molar-refractivity contribution in [1.82, 2.24) is 0 Å². The van der Waals surface area contributed by atoms with Crippen LogP contribution in [0.4, 0.5) is 0 Å². The minimum Gasteiger partial charge on any atom is -0.462 e. The molecule has 0 spiro atoms. The lowest BCUT2D eigenvalue weighted by molar-refractivity contribution is -0.161. The molecular weight excluding hydrogens is 1400 g/mol. The monoisotopic (exact) mass is 1580 g/mol. The third-order valence-corrected chi connectivity index (χ3v) is 22.9. The summed E-state index contributed by atoms with van der Waals surface area (Å²) in [5, 5.41) is 10.7. The molecule has 5 atom stereocenters. The summed E-state index contributed by atoms with van der Waals surface area (Å²) in [5.74, 6) is -0.505. The highest BCUT2D eigenvalue weighted by atomic mass is 31.2. The molecule has 642 valence electrons. The van der Waals surface area contributed by atoms with Crippen molar-refractivity contribution in [2.75, 3.05) is 39.6 Å². The maximum absolute atomic E-state index is 13.2. The first-order valence-electron chi connectivity index (χ1n) is 46.0. The van der Waals surface area contributed by atoms with Crippen molar-refractivity contribution in [3.05, 3.63) is 0 Å². The Labute approximate surface area is 664 Å². The van der Waals surface area contributed by atoms with E-state index in [9.17, 15) is 43.2 Å². The summed E-state index contributed by atoms with van der Waals surface area (Å²) in [7, 11) is -9.93. The Morgan fingerprint density at radius 3 is 0.630 bits per heavy atom. The molecule has 0 heterocycles. The van der Waals surface area contributed by atoms with Crippen LogP contribution >= 0.6 is 15.6 Å². The van der Waals surface area contributed by atoms with Gasteiger partial charge in [0.2, 0.25) is 0 Å². The van der Waals surface area contributed by atoms with Gasteiger partial charge in [0.1, 0.15) is 19.3 Å². The highest BCUT2D eigenvalue weighted by molar-refractivity contribution is 7.47. The van der Waals surface area contributed by atoms with E-state index in [0.717, 1.165) is 102 Å². The molecule has 0 amide bonds. The molecule has 0 aromatic carbocycles. The van der Waals surface area contributed by atoms with Gasteiger partial charge in [-0.25, -0.2) is 9.13 Å². The molecule has 0 aromatic heterocycles. The molecule has 2 unspecified atom stereocenters. The van der Waals surface area contributed by atoms with Gasteiger partial charge in [0.15, 0.2) is 12.2 Å². The first-order valence-corrected chi connectivity index (χ1v) is 49.0. The number of ether oxygens (including phenoxy) is 4. The zero-order valence-electron chi connectivity index (χ0n) is 71.2. The van der Waals surface area contributed by atoms with Crippen LogP contribution in [-0.2, 0) is 65.4 Å². The number of carbonyl (C=O) groups excluding carboxylic acids is 4. The predicted octanol–water partition coefficient (Wildman–Crippen LogP) is 27.4. The number of aliphatic hydroxyl groups excluding tert-OH is 1. The fourth-order valence-corrected chi connectivity index (χ4v) is 15.5. The minimum absolute atomic E-state index is 0.108. The third-order valence-electron chi connectivity index (χ3n) is 21.0. The topological polar surface area (TPSA) is 237 Å². The highest BCUT2D eigenvalue weighted by Gasteiger charge is 2.31. The van der Waals surface area contributed by atoms with E-state index in [-0.39, 0.29) is 25.7 Å². The van der Waals surface area contributed by atoms with Gasteiger partial charge >= 0.3 is 39.5 Å². The molecule has 3 N–H and O–H groups in total. The first kappa shape index (κ1) is 106. The van der Waals surface area contributed by atoms with Gasteiger partial charge in [-0.15, -0.1) is 0 Å². The molecule has 0 fully saturated rings. The second-order valence-corrected chi connectivity index (χ2v) is 35.8. The summed E-state index contributed by atoms with van der Waals surface area (Å²) in [5.41, 5.74) is 0. The maximum Gasteiger partial charge on any atom is 0.472 e. The lowest BCUT2D eigenvalue weighted by Crippen LogP contribution is -2.30. The van der Waals surface area contributed by atoms with E-state index in [0.29, 0.717) is 25.7 Å². The lowest BCUT2D eigenvalue weighted by Gasteiger charge is -2.21. The molecule has 108 heavy (non-hydrogen) atoms. The van der Waals surface area contributed by atoms with Crippen LogP contribution in [0, 0.1) is 11.8 Å². The Kier molecular flexibility index (Phi) is 78.8. The van der Waals surface area contributed by atoms with Crippen LogP contribution in [0.3, 0.4) is 0 Å². The number of esters is 4. The van der Waals surface area contributed by atoms with E-state index in [1.54, 1.807) is 0 Å². The third kappa shape index (κ3) is 82.1. The highest BCUT2D eigenvalue weighted by Crippen LogP contribution is 2.45. The van der Waals surface area contributed by atoms with Crippen LogP contribution < -0.4 is 0 Å². The predicted molar refractivity (Wildman–Crippen MR) is 446 cm³/mol. The number of carbonyl (C=O) groups is 4. The quantitative estimate of drug-likeness (QED) is 0.0222. The molecule has 0 saturated heterocycles. The van der Waals surface area contributed by atoms with E-state index in [1.165, 1.54) is 295 Å². The minimum atomic E-state index is -4.97. The van der Waals surface area contributed by atoms with Crippen molar-refractivity contribution >= 4 is 39.5 Å². The first-order chi connectivity index (χ1) is 52.4. The molecule has 0 aliphatic rings. The average Bonchev–Trinajstić information content (AvgIpc) is 0.737. The van der Waals surface area contributed by atoms with Crippen molar-refractivity contribution in [2.24, 2.45) is 11.8 Å². The summed E-state index contributed by atoms with van der Waals surface area (Å²) in [6, 6.07) is 0. The van der Waals surface area contributed by atoms with Gasteiger partial charge in [-0.05, 0) is 37.5 Å². The summed E-state index contributed by atoms with van der Waals surface area (Å²) in [6.45, 7) is 9.73. The van der Waals surface area contributed by atoms with E-state index in [4.69, 9.17) is 37.0 Å². The lowest BCUT2D eigenvalue weighted by atomic mass is 10.0. The zero-order chi connectivity index (χ0) is 79.2.